The SMILES string of the molecule is COc1ccc(/C=N/NC(=O)c2cccnc2)cc1OCn1cccn1. The van der Waals surface area contributed by atoms with E-state index in [4.69, 9.17) is 9.47 Å². The molecule has 132 valence electrons. The van der Waals surface area contributed by atoms with Gasteiger partial charge in [-0.15, -0.1) is 0 Å². The van der Waals surface area contributed by atoms with Gasteiger partial charge in [-0.3, -0.25) is 9.78 Å². The Morgan fingerprint density at radius 1 is 1.27 bits per heavy atom. The molecule has 0 saturated heterocycles. The number of hydrazone groups is 1. The third-order valence-electron chi connectivity index (χ3n) is 3.40. The van der Waals surface area contributed by atoms with Gasteiger partial charge in [0.2, 0.25) is 0 Å². The average molecular weight is 351 g/mol. The van der Waals surface area contributed by atoms with Gasteiger partial charge in [0.25, 0.3) is 5.91 Å². The number of aromatic nitrogens is 3. The zero-order valence-corrected chi connectivity index (χ0v) is 14.1. The summed E-state index contributed by atoms with van der Waals surface area (Å²) in [5.41, 5.74) is 3.63. The van der Waals surface area contributed by atoms with E-state index in [2.05, 4.69) is 20.6 Å². The van der Waals surface area contributed by atoms with Gasteiger partial charge in [0, 0.05) is 24.8 Å². The topological polar surface area (TPSA) is 90.6 Å². The van der Waals surface area contributed by atoms with E-state index in [0.29, 0.717) is 17.1 Å². The van der Waals surface area contributed by atoms with E-state index < -0.39 is 0 Å². The molecule has 1 aromatic carbocycles. The predicted molar refractivity (Wildman–Crippen MR) is 95.1 cm³/mol. The summed E-state index contributed by atoms with van der Waals surface area (Å²) in [6.07, 6.45) is 8.07. The number of hydrogen-bond donors (Lipinski definition) is 1. The second-order valence-corrected chi connectivity index (χ2v) is 5.17. The van der Waals surface area contributed by atoms with Crippen LogP contribution in [-0.2, 0) is 6.73 Å². The summed E-state index contributed by atoms with van der Waals surface area (Å²) in [6.45, 7) is 0.252. The maximum atomic E-state index is 11.9. The van der Waals surface area contributed by atoms with Crippen LogP contribution in [0.3, 0.4) is 0 Å². The number of amides is 1. The molecule has 0 atom stereocenters. The molecule has 0 fully saturated rings. The van der Waals surface area contributed by atoms with Crippen LogP contribution in [-0.4, -0.2) is 34.0 Å². The third-order valence-corrected chi connectivity index (χ3v) is 3.40. The second kappa shape index (κ2) is 8.43. The highest BCUT2D eigenvalue weighted by Gasteiger charge is 2.06. The summed E-state index contributed by atoms with van der Waals surface area (Å²) < 4.78 is 12.7. The van der Waals surface area contributed by atoms with Crippen LogP contribution in [0.4, 0.5) is 0 Å². The van der Waals surface area contributed by atoms with Gasteiger partial charge in [-0.1, -0.05) is 0 Å². The number of hydrogen-bond acceptors (Lipinski definition) is 6. The Balaban J connectivity index is 1.65. The first-order chi connectivity index (χ1) is 12.8. The molecule has 8 heteroatoms. The highest BCUT2D eigenvalue weighted by Crippen LogP contribution is 2.27. The molecule has 0 bridgehead atoms. The van der Waals surface area contributed by atoms with Gasteiger partial charge < -0.3 is 9.47 Å². The van der Waals surface area contributed by atoms with Crippen molar-refractivity contribution in [2.45, 2.75) is 6.73 Å². The minimum atomic E-state index is -0.335. The van der Waals surface area contributed by atoms with Gasteiger partial charge >= 0.3 is 0 Å². The first kappa shape index (κ1) is 17.2. The maximum Gasteiger partial charge on any atom is 0.272 e. The molecule has 0 aliphatic heterocycles. The van der Waals surface area contributed by atoms with Crippen LogP contribution in [0.25, 0.3) is 0 Å². The van der Waals surface area contributed by atoms with E-state index in [1.54, 1.807) is 60.7 Å². The Morgan fingerprint density at radius 2 is 2.19 bits per heavy atom. The lowest BCUT2D eigenvalue weighted by Gasteiger charge is -2.11. The molecule has 0 aliphatic rings. The normalized spacial score (nSPS) is 10.7. The molecule has 26 heavy (non-hydrogen) atoms. The maximum absolute atomic E-state index is 11.9. The van der Waals surface area contributed by atoms with Gasteiger partial charge in [0.05, 0.1) is 18.9 Å². The van der Waals surface area contributed by atoms with Crippen molar-refractivity contribution in [3.8, 4) is 11.5 Å². The van der Waals surface area contributed by atoms with E-state index in [-0.39, 0.29) is 12.6 Å². The fourth-order valence-corrected chi connectivity index (χ4v) is 2.13. The number of benzene rings is 1. The number of methoxy groups -OCH3 is 1. The summed E-state index contributed by atoms with van der Waals surface area (Å²) >= 11 is 0. The lowest BCUT2D eigenvalue weighted by atomic mass is 10.2. The minimum absolute atomic E-state index is 0.252. The Morgan fingerprint density at radius 3 is 2.92 bits per heavy atom. The van der Waals surface area contributed by atoms with Gasteiger partial charge in [0.15, 0.2) is 18.2 Å². The molecule has 0 spiro atoms. The van der Waals surface area contributed by atoms with Crippen LogP contribution in [0.5, 0.6) is 11.5 Å². The largest absolute Gasteiger partial charge is 0.493 e. The number of carbonyl (C=O) groups is 1. The minimum Gasteiger partial charge on any atom is -0.493 e. The Kier molecular flexibility index (Phi) is 5.56. The predicted octanol–water partition coefficient (Wildman–Crippen LogP) is 2.09. The van der Waals surface area contributed by atoms with Crippen molar-refractivity contribution in [3.05, 3.63) is 72.3 Å². The molecule has 2 aromatic heterocycles. The lowest BCUT2D eigenvalue weighted by Crippen LogP contribution is -2.17. The zero-order valence-electron chi connectivity index (χ0n) is 14.1. The van der Waals surface area contributed by atoms with Crippen molar-refractivity contribution in [1.29, 1.82) is 0 Å². The van der Waals surface area contributed by atoms with Gasteiger partial charge in [-0.05, 0) is 42.0 Å². The van der Waals surface area contributed by atoms with Crippen molar-refractivity contribution in [2.75, 3.05) is 7.11 Å². The third kappa shape index (κ3) is 4.44. The molecule has 0 unspecified atom stereocenters. The standard InChI is InChI=1S/C18H17N5O3/c1-25-16-6-5-14(10-17(16)26-13-23-9-3-8-21-23)11-20-22-18(24)15-4-2-7-19-12-15/h2-12H,13H2,1H3,(H,22,24)/b20-11+. The fraction of sp³-hybridized carbons (Fsp3) is 0.111. The molecule has 1 N–H and O–H groups in total. The number of ether oxygens (including phenoxy) is 2. The van der Waals surface area contributed by atoms with Crippen molar-refractivity contribution < 1.29 is 14.3 Å². The highest BCUT2D eigenvalue weighted by molar-refractivity contribution is 5.94. The summed E-state index contributed by atoms with van der Waals surface area (Å²) in [5, 5.41) is 8.04. The molecule has 0 radical (unpaired) electrons. The smallest absolute Gasteiger partial charge is 0.272 e. The van der Waals surface area contributed by atoms with Crippen LogP contribution in [0.2, 0.25) is 0 Å². The van der Waals surface area contributed by atoms with Crippen LogP contribution < -0.4 is 14.9 Å². The van der Waals surface area contributed by atoms with Gasteiger partial charge in [-0.25, -0.2) is 10.1 Å². The molecule has 3 rings (SSSR count). The van der Waals surface area contributed by atoms with Crippen LogP contribution in [0, 0.1) is 0 Å². The fourth-order valence-electron chi connectivity index (χ4n) is 2.13. The zero-order chi connectivity index (χ0) is 18.2. The summed E-state index contributed by atoms with van der Waals surface area (Å²) in [7, 11) is 1.57. The number of rotatable bonds is 7. The number of carbonyl (C=O) groups excluding carboxylic acids is 1. The van der Waals surface area contributed by atoms with E-state index in [1.165, 1.54) is 12.4 Å². The van der Waals surface area contributed by atoms with Crippen molar-refractivity contribution >= 4 is 12.1 Å². The molecule has 1 amide bonds. The number of pyridine rings is 1. The molecule has 3 aromatic rings. The monoisotopic (exact) mass is 351 g/mol. The molecular formula is C18H17N5O3. The van der Waals surface area contributed by atoms with E-state index >= 15 is 0 Å². The Bertz CT molecular complexity index is 879. The average Bonchev–Trinajstić information content (AvgIpc) is 3.20. The lowest BCUT2D eigenvalue weighted by molar-refractivity contribution is 0.0955. The Labute approximate surface area is 150 Å². The molecule has 2 heterocycles. The highest BCUT2D eigenvalue weighted by atomic mass is 16.5. The summed E-state index contributed by atoms with van der Waals surface area (Å²) in [6, 6.07) is 10.5. The van der Waals surface area contributed by atoms with Crippen molar-refractivity contribution in [3.63, 3.8) is 0 Å². The van der Waals surface area contributed by atoms with Crippen LogP contribution in [0.1, 0.15) is 15.9 Å². The number of nitrogens with zero attached hydrogens (tertiary/aromatic N) is 4. The van der Waals surface area contributed by atoms with E-state index in [0.717, 1.165) is 5.56 Å². The Hall–Kier alpha value is -3.68. The molecule has 8 nitrogen and oxygen atoms in total. The van der Waals surface area contributed by atoms with Crippen molar-refractivity contribution in [2.24, 2.45) is 5.10 Å². The molecular weight excluding hydrogens is 334 g/mol. The van der Waals surface area contributed by atoms with Crippen LogP contribution in [0.15, 0.2) is 66.3 Å². The van der Waals surface area contributed by atoms with Crippen LogP contribution >= 0.6 is 0 Å². The second-order valence-electron chi connectivity index (χ2n) is 5.17. The van der Waals surface area contributed by atoms with E-state index in [9.17, 15) is 4.79 Å². The van der Waals surface area contributed by atoms with Gasteiger partial charge in [-0.2, -0.15) is 10.2 Å². The molecule has 0 saturated carbocycles. The van der Waals surface area contributed by atoms with Gasteiger partial charge in [0.1, 0.15) is 0 Å². The van der Waals surface area contributed by atoms with E-state index in [1.807, 2.05) is 6.07 Å². The quantitative estimate of drug-likeness (QED) is 0.520. The summed E-state index contributed by atoms with van der Waals surface area (Å²) in [5.74, 6) is 0.803. The number of nitrogens with one attached hydrogen (secondary N) is 1. The molecule has 0 aliphatic carbocycles. The first-order valence-corrected chi connectivity index (χ1v) is 7.78. The summed E-state index contributed by atoms with van der Waals surface area (Å²) in [4.78, 5) is 15.8. The first-order valence-electron chi connectivity index (χ1n) is 7.78. The van der Waals surface area contributed by atoms with Crippen molar-refractivity contribution in [1.82, 2.24) is 20.2 Å².